The number of nitrogens with zero attached hydrogens (tertiary/aromatic N) is 5. The molecule has 11 heteroatoms. The van der Waals surface area contributed by atoms with E-state index >= 15 is 0 Å². The molecule has 0 unspecified atom stereocenters. The zero-order chi connectivity index (χ0) is 26.0. The van der Waals surface area contributed by atoms with Crippen LogP contribution < -0.4 is 10.7 Å². The predicted molar refractivity (Wildman–Crippen MR) is 137 cm³/mol. The minimum absolute atomic E-state index is 0.0896. The highest BCUT2D eigenvalue weighted by Gasteiger charge is 2.33. The SMILES string of the molecule is Cc1cc(Cl)ccc1/C(=N\NC(C)C)c1cnc2[nH]cc(C(=O)N[C@H](C)C(=O)N3CC(C#N)C3)c2n1. The third kappa shape index (κ3) is 5.16. The Morgan fingerprint density at radius 3 is 2.69 bits per heavy atom. The molecule has 10 nitrogen and oxygen atoms in total. The first-order valence-corrected chi connectivity index (χ1v) is 12.0. The van der Waals surface area contributed by atoms with E-state index in [9.17, 15) is 9.59 Å². The van der Waals surface area contributed by atoms with Gasteiger partial charge in [-0.05, 0) is 45.4 Å². The molecule has 1 aromatic carbocycles. The van der Waals surface area contributed by atoms with E-state index in [4.69, 9.17) is 21.8 Å². The monoisotopic (exact) mass is 506 g/mol. The minimum atomic E-state index is -0.748. The number of aromatic nitrogens is 3. The Kier molecular flexibility index (Phi) is 7.22. The van der Waals surface area contributed by atoms with Crippen LogP contribution in [0.1, 0.15) is 48.0 Å². The lowest BCUT2D eigenvalue weighted by Gasteiger charge is -2.37. The third-order valence-electron chi connectivity index (χ3n) is 5.84. The summed E-state index contributed by atoms with van der Waals surface area (Å²) < 4.78 is 0. The number of H-pyrrole nitrogens is 1. The Balaban J connectivity index is 1.63. The van der Waals surface area contributed by atoms with Gasteiger partial charge in [0, 0.05) is 35.9 Å². The molecule has 36 heavy (non-hydrogen) atoms. The molecule has 0 aliphatic carbocycles. The summed E-state index contributed by atoms with van der Waals surface area (Å²) in [6.45, 7) is 8.27. The van der Waals surface area contributed by atoms with E-state index in [0.29, 0.717) is 40.7 Å². The van der Waals surface area contributed by atoms with Gasteiger partial charge in [0.05, 0.1) is 23.7 Å². The van der Waals surface area contributed by atoms with Crippen LogP contribution in [0.4, 0.5) is 0 Å². The van der Waals surface area contributed by atoms with Gasteiger partial charge in [-0.15, -0.1) is 0 Å². The van der Waals surface area contributed by atoms with Gasteiger partial charge < -0.3 is 20.6 Å². The molecular weight excluding hydrogens is 480 g/mol. The Morgan fingerprint density at radius 1 is 1.28 bits per heavy atom. The molecule has 4 rings (SSSR count). The van der Waals surface area contributed by atoms with Gasteiger partial charge >= 0.3 is 0 Å². The number of rotatable bonds is 7. The summed E-state index contributed by atoms with van der Waals surface area (Å²) in [4.78, 5) is 39.3. The van der Waals surface area contributed by atoms with Gasteiger partial charge in [-0.25, -0.2) is 9.97 Å². The molecule has 3 heterocycles. The average molecular weight is 507 g/mol. The maximum Gasteiger partial charge on any atom is 0.255 e. The fourth-order valence-corrected chi connectivity index (χ4v) is 4.10. The standard InChI is InChI=1S/C25H27ClN8O2/c1-13(2)32-33-21(18-6-5-17(26)7-14(18)3)20-10-29-23-22(31-20)19(9-28-23)24(35)30-15(4)25(36)34-11-16(8-27)12-34/h5-7,9-10,13,15-16,32H,11-12H2,1-4H3,(H,28,29)(H,30,35)/b33-21+/t15-/m1/s1. The van der Waals surface area contributed by atoms with Gasteiger partial charge in [0.15, 0.2) is 5.65 Å². The number of aryl methyl sites for hydroxylation is 1. The van der Waals surface area contributed by atoms with Crippen molar-refractivity contribution in [3.8, 4) is 6.07 Å². The number of hydrazone groups is 1. The number of carbonyl (C=O) groups is 2. The molecule has 1 atom stereocenters. The molecule has 0 bridgehead atoms. The van der Waals surface area contributed by atoms with E-state index < -0.39 is 11.9 Å². The number of benzene rings is 1. The number of nitriles is 1. The van der Waals surface area contributed by atoms with Gasteiger partial charge in [0.2, 0.25) is 5.91 Å². The average Bonchev–Trinajstić information content (AvgIpc) is 3.23. The van der Waals surface area contributed by atoms with Gasteiger partial charge in [0.1, 0.15) is 23.0 Å². The first kappa shape index (κ1) is 25.1. The number of nitrogens with one attached hydrogen (secondary N) is 3. The lowest BCUT2D eigenvalue weighted by Crippen LogP contribution is -2.55. The second kappa shape index (κ2) is 10.3. The van der Waals surface area contributed by atoms with E-state index in [1.54, 1.807) is 24.1 Å². The summed E-state index contributed by atoms with van der Waals surface area (Å²) in [5, 5.41) is 16.9. The maximum atomic E-state index is 13.1. The van der Waals surface area contributed by atoms with E-state index in [1.165, 1.54) is 6.20 Å². The van der Waals surface area contributed by atoms with Crippen molar-refractivity contribution in [2.75, 3.05) is 13.1 Å². The summed E-state index contributed by atoms with van der Waals surface area (Å²) in [6, 6.07) is 6.97. The van der Waals surface area contributed by atoms with Crippen molar-refractivity contribution in [1.82, 2.24) is 30.6 Å². The maximum absolute atomic E-state index is 13.1. The molecule has 2 aromatic heterocycles. The summed E-state index contributed by atoms with van der Waals surface area (Å²) >= 11 is 6.15. The number of likely N-dealkylation sites (tertiary alicyclic amines) is 1. The van der Waals surface area contributed by atoms with Crippen molar-refractivity contribution in [3.63, 3.8) is 0 Å². The lowest BCUT2D eigenvalue weighted by molar-refractivity contribution is -0.137. The number of hydrogen-bond donors (Lipinski definition) is 3. The Labute approximate surface area is 213 Å². The highest BCUT2D eigenvalue weighted by atomic mass is 35.5. The first-order valence-electron chi connectivity index (χ1n) is 11.6. The first-order chi connectivity index (χ1) is 17.2. The molecular formula is C25H27ClN8O2. The van der Waals surface area contributed by atoms with Crippen LogP contribution in [0.3, 0.4) is 0 Å². The van der Waals surface area contributed by atoms with Crippen LogP contribution in [0.15, 0.2) is 35.7 Å². The molecule has 1 aliphatic rings. The fraction of sp³-hybridized carbons (Fsp3) is 0.360. The molecule has 0 saturated carbocycles. The normalized spacial score (nSPS) is 14.9. The lowest BCUT2D eigenvalue weighted by atomic mass is 10.0. The molecule has 1 aliphatic heterocycles. The number of amides is 2. The van der Waals surface area contributed by atoms with Crippen LogP contribution in [0.25, 0.3) is 11.2 Å². The fourth-order valence-electron chi connectivity index (χ4n) is 3.87. The van der Waals surface area contributed by atoms with Crippen molar-refractivity contribution in [1.29, 1.82) is 5.26 Å². The third-order valence-corrected chi connectivity index (χ3v) is 6.08. The number of fused-ring (bicyclic) bond motifs is 1. The molecule has 3 aromatic rings. The smallest absolute Gasteiger partial charge is 0.255 e. The Hall–Kier alpha value is -3.97. The van der Waals surface area contributed by atoms with E-state index in [1.807, 2.05) is 32.9 Å². The van der Waals surface area contributed by atoms with E-state index in [2.05, 4.69) is 31.9 Å². The summed E-state index contributed by atoms with van der Waals surface area (Å²) in [5.41, 5.74) is 6.91. The number of halogens is 1. The number of hydrogen-bond acceptors (Lipinski definition) is 7. The van der Waals surface area contributed by atoms with Crippen molar-refractivity contribution in [2.45, 2.75) is 39.8 Å². The van der Waals surface area contributed by atoms with Gasteiger partial charge in [-0.3, -0.25) is 9.59 Å². The van der Waals surface area contributed by atoms with E-state index in [0.717, 1.165) is 11.1 Å². The quantitative estimate of drug-likeness (QED) is 0.332. The largest absolute Gasteiger partial charge is 0.344 e. The second-order valence-corrected chi connectivity index (χ2v) is 9.56. The van der Waals surface area contributed by atoms with Crippen LogP contribution in [0.2, 0.25) is 5.02 Å². The topological polar surface area (TPSA) is 139 Å². The number of carbonyl (C=O) groups excluding carboxylic acids is 2. The summed E-state index contributed by atoms with van der Waals surface area (Å²) in [5.74, 6) is -0.828. The minimum Gasteiger partial charge on any atom is -0.344 e. The van der Waals surface area contributed by atoms with Crippen molar-refractivity contribution in [2.24, 2.45) is 11.0 Å². The van der Waals surface area contributed by atoms with Gasteiger partial charge in [-0.1, -0.05) is 17.7 Å². The van der Waals surface area contributed by atoms with Crippen molar-refractivity contribution in [3.05, 3.63) is 58.0 Å². The van der Waals surface area contributed by atoms with Crippen LogP contribution in [0, 0.1) is 24.2 Å². The molecule has 186 valence electrons. The predicted octanol–water partition coefficient (Wildman–Crippen LogP) is 2.77. The van der Waals surface area contributed by atoms with Crippen LogP contribution in [-0.4, -0.2) is 62.6 Å². The molecule has 2 amide bonds. The zero-order valence-electron chi connectivity index (χ0n) is 20.5. The van der Waals surface area contributed by atoms with E-state index in [-0.39, 0.29) is 23.4 Å². The highest BCUT2D eigenvalue weighted by Crippen LogP contribution is 2.21. The molecule has 1 fully saturated rings. The molecule has 0 radical (unpaired) electrons. The second-order valence-electron chi connectivity index (χ2n) is 9.12. The molecule has 0 spiro atoms. The van der Waals surface area contributed by atoms with Crippen LogP contribution >= 0.6 is 11.6 Å². The van der Waals surface area contributed by atoms with Gasteiger partial charge in [0.25, 0.3) is 5.91 Å². The summed E-state index contributed by atoms with van der Waals surface area (Å²) in [6.07, 6.45) is 3.12. The zero-order valence-corrected chi connectivity index (χ0v) is 21.2. The summed E-state index contributed by atoms with van der Waals surface area (Å²) in [7, 11) is 0. The van der Waals surface area contributed by atoms with Crippen molar-refractivity contribution >= 4 is 40.3 Å². The Morgan fingerprint density at radius 2 is 2.03 bits per heavy atom. The Bertz CT molecular complexity index is 1380. The van der Waals surface area contributed by atoms with Gasteiger partial charge in [-0.2, -0.15) is 10.4 Å². The number of aromatic amines is 1. The van der Waals surface area contributed by atoms with Crippen LogP contribution in [-0.2, 0) is 4.79 Å². The van der Waals surface area contributed by atoms with Crippen LogP contribution in [0.5, 0.6) is 0 Å². The van der Waals surface area contributed by atoms with Crippen molar-refractivity contribution < 1.29 is 9.59 Å². The highest BCUT2D eigenvalue weighted by molar-refractivity contribution is 6.31. The molecule has 1 saturated heterocycles. The molecule has 3 N–H and O–H groups in total.